The minimum Gasteiger partial charge on any atom is -0.311 e. The summed E-state index contributed by atoms with van der Waals surface area (Å²) in [5, 5.41) is 2.87. The molecule has 1 heterocycles. The van der Waals surface area contributed by atoms with Gasteiger partial charge in [0.2, 0.25) is 0 Å². The predicted molar refractivity (Wildman–Crippen MR) is 47.3 cm³/mol. The number of Topliss-reactive ketones (excluding diaryl/α,β-unsaturated/α-hetero) is 1. The lowest BCUT2D eigenvalue weighted by molar-refractivity contribution is -0.165. The van der Waals surface area contributed by atoms with Crippen molar-refractivity contribution in [3.8, 4) is 0 Å². The molecule has 0 amide bonds. The maximum absolute atomic E-state index is 12.3. The van der Waals surface area contributed by atoms with E-state index in [1.807, 2.05) is 0 Å². The van der Waals surface area contributed by atoms with E-state index in [9.17, 15) is 18.0 Å². The third kappa shape index (κ3) is 1.80. The van der Waals surface area contributed by atoms with E-state index >= 15 is 0 Å². The smallest absolute Gasteiger partial charge is 0.311 e. The van der Waals surface area contributed by atoms with Crippen molar-refractivity contribution in [3.05, 3.63) is 22.4 Å². The van der Waals surface area contributed by atoms with Gasteiger partial charge in [-0.2, -0.15) is 24.5 Å². The number of hydrogen-bond donors (Lipinski definition) is 1. The van der Waals surface area contributed by atoms with Gasteiger partial charge in [-0.15, -0.1) is 0 Å². The van der Waals surface area contributed by atoms with Crippen LogP contribution in [0, 0.1) is 0 Å². The first-order valence-electron chi connectivity index (χ1n) is 3.69. The van der Waals surface area contributed by atoms with Crippen molar-refractivity contribution in [3.63, 3.8) is 0 Å². The Morgan fingerprint density at radius 3 is 2.43 bits per heavy atom. The van der Waals surface area contributed by atoms with Crippen LogP contribution in [0.1, 0.15) is 17.3 Å². The van der Waals surface area contributed by atoms with E-state index in [0.717, 1.165) is 11.3 Å². The Bertz CT molecular complexity index is 329. The van der Waals surface area contributed by atoms with Gasteiger partial charge >= 0.3 is 6.18 Å². The van der Waals surface area contributed by atoms with Crippen molar-refractivity contribution in [2.24, 2.45) is 5.73 Å². The zero-order valence-corrected chi connectivity index (χ0v) is 8.08. The molecule has 2 nitrogen and oxygen atoms in total. The lowest BCUT2D eigenvalue weighted by Crippen LogP contribution is -2.56. The topological polar surface area (TPSA) is 43.1 Å². The van der Waals surface area contributed by atoms with Crippen LogP contribution < -0.4 is 5.73 Å². The van der Waals surface area contributed by atoms with Crippen molar-refractivity contribution < 1.29 is 18.0 Å². The summed E-state index contributed by atoms with van der Waals surface area (Å²) in [7, 11) is 0. The van der Waals surface area contributed by atoms with E-state index in [1.165, 1.54) is 16.8 Å². The Hall–Kier alpha value is -0.880. The lowest BCUT2D eigenvalue weighted by Gasteiger charge is -2.25. The fourth-order valence-electron chi connectivity index (χ4n) is 0.822. The number of rotatable bonds is 2. The third-order valence-electron chi connectivity index (χ3n) is 1.84. The largest absolute Gasteiger partial charge is 0.413 e. The molecule has 0 aliphatic heterocycles. The van der Waals surface area contributed by atoms with Gasteiger partial charge < -0.3 is 5.73 Å². The van der Waals surface area contributed by atoms with Crippen LogP contribution in [-0.4, -0.2) is 17.5 Å². The van der Waals surface area contributed by atoms with Crippen molar-refractivity contribution in [2.75, 3.05) is 0 Å². The van der Waals surface area contributed by atoms with E-state index in [-0.39, 0.29) is 5.56 Å². The molecule has 78 valence electrons. The van der Waals surface area contributed by atoms with Crippen LogP contribution in [0.2, 0.25) is 0 Å². The number of ketones is 1. The molecular formula is C8H8F3NOS. The van der Waals surface area contributed by atoms with Gasteiger partial charge in [-0.1, -0.05) is 0 Å². The number of hydrogen-bond acceptors (Lipinski definition) is 3. The van der Waals surface area contributed by atoms with E-state index in [1.54, 1.807) is 0 Å². The number of carbonyl (C=O) groups excluding carboxylic acids is 1. The molecule has 0 aromatic carbocycles. The molecule has 1 unspecified atom stereocenters. The van der Waals surface area contributed by atoms with Crippen LogP contribution in [0.15, 0.2) is 16.8 Å². The summed E-state index contributed by atoms with van der Waals surface area (Å²) in [6.07, 6.45) is -4.73. The predicted octanol–water partition coefficient (Wildman–Crippen LogP) is 2.21. The van der Waals surface area contributed by atoms with E-state index in [0.29, 0.717) is 6.92 Å². The van der Waals surface area contributed by atoms with E-state index < -0.39 is 17.5 Å². The second kappa shape index (κ2) is 3.36. The summed E-state index contributed by atoms with van der Waals surface area (Å²) in [5.41, 5.74) is 2.14. The van der Waals surface area contributed by atoms with Crippen molar-refractivity contribution in [1.29, 1.82) is 0 Å². The van der Waals surface area contributed by atoms with E-state index in [4.69, 9.17) is 5.73 Å². The molecule has 0 fully saturated rings. The molecule has 0 aliphatic carbocycles. The molecule has 1 aromatic rings. The summed E-state index contributed by atoms with van der Waals surface area (Å²) >= 11 is 1.15. The van der Waals surface area contributed by atoms with Crippen LogP contribution in [0.4, 0.5) is 13.2 Å². The molecule has 2 N–H and O–H groups in total. The highest BCUT2D eigenvalue weighted by Gasteiger charge is 2.53. The van der Waals surface area contributed by atoms with Gasteiger partial charge in [-0.3, -0.25) is 4.79 Å². The lowest BCUT2D eigenvalue weighted by atomic mass is 9.93. The van der Waals surface area contributed by atoms with Gasteiger partial charge in [-0.05, 0) is 18.4 Å². The average Bonchev–Trinajstić information content (AvgIpc) is 2.52. The summed E-state index contributed by atoms with van der Waals surface area (Å²) < 4.78 is 37.0. The molecule has 0 spiro atoms. The number of alkyl halides is 3. The van der Waals surface area contributed by atoms with Gasteiger partial charge in [0.05, 0.1) is 0 Å². The van der Waals surface area contributed by atoms with Gasteiger partial charge in [0.25, 0.3) is 0 Å². The average molecular weight is 223 g/mol. The quantitative estimate of drug-likeness (QED) is 0.781. The summed E-state index contributed by atoms with van der Waals surface area (Å²) in [6.45, 7) is 0.674. The molecule has 1 atom stereocenters. The summed E-state index contributed by atoms with van der Waals surface area (Å²) in [5.74, 6) is -1.11. The molecular weight excluding hydrogens is 215 g/mol. The minimum absolute atomic E-state index is 0.00248. The molecule has 6 heteroatoms. The minimum atomic E-state index is -4.73. The zero-order valence-electron chi connectivity index (χ0n) is 7.26. The summed E-state index contributed by atoms with van der Waals surface area (Å²) in [6, 6.07) is 1.32. The number of nitrogens with two attached hydrogens (primary N) is 1. The Morgan fingerprint density at radius 1 is 1.50 bits per heavy atom. The first-order chi connectivity index (χ1) is 6.27. The van der Waals surface area contributed by atoms with Crippen molar-refractivity contribution >= 4 is 17.1 Å². The van der Waals surface area contributed by atoms with Crippen molar-refractivity contribution in [1.82, 2.24) is 0 Å². The van der Waals surface area contributed by atoms with Gasteiger partial charge in [-0.25, -0.2) is 0 Å². The van der Waals surface area contributed by atoms with E-state index in [2.05, 4.69) is 0 Å². The first-order valence-corrected chi connectivity index (χ1v) is 4.63. The first kappa shape index (κ1) is 11.2. The Labute approximate surface area is 82.5 Å². The van der Waals surface area contributed by atoms with Gasteiger partial charge in [0.15, 0.2) is 11.3 Å². The third-order valence-corrected chi connectivity index (χ3v) is 2.53. The second-order valence-corrected chi connectivity index (χ2v) is 3.82. The fourth-order valence-corrected chi connectivity index (χ4v) is 1.46. The standard InChI is InChI=1S/C8H8F3NOS/c1-7(12,8(9,10)11)6(13)5-2-3-14-4-5/h2-4H,12H2,1H3. The van der Waals surface area contributed by atoms with Crippen LogP contribution >= 0.6 is 11.3 Å². The maximum Gasteiger partial charge on any atom is 0.413 e. The second-order valence-electron chi connectivity index (χ2n) is 3.04. The Balaban J connectivity index is 3.01. The number of halogens is 3. The normalized spacial score (nSPS) is 16.4. The molecule has 0 aliphatic rings. The number of carbonyl (C=O) groups is 1. The Morgan fingerprint density at radius 2 is 2.07 bits per heavy atom. The molecule has 1 aromatic heterocycles. The monoisotopic (exact) mass is 223 g/mol. The van der Waals surface area contributed by atoms with Crippen LogP contribution in [-0.2, 0) is 0 Å². The maximum atomic E-state index is 12.3. The number of thiophene rings is 1. The molecule has 0 bridgehead atoms. The SMILES string of the molecule is CC(N)(C(=O)c1ccsc1)C(F)(F)F. The fraction of sp³-hybridized carbons (Fsp3) is 0.375. The van der Waals surface area contributed by atoms with Crippen molar-refractivity contribution in [2.45, 2.75) is 18.6 Å². The zero-order chi connectivity index (χ0) is 11.0. The molecule has 0 saturated carbocycles. The van der Waals surface area contributed by atoms with Crippen LogP contribution in [0.5, 0.6) is 0 Å². The molecule has 0 saturated heterocycles. The van der Waals surface area contributed by atoms with Crippen LogP contribution in [0.3, 0.4) is 0 Å². The highest BCUT2D eigenvalue weighted by Crippen LogP contribution is 2.31. The Kier molecular flexibility index (Phi) is 2.69. The summed E-state index contributed by atoms with van der Waals surface area (Å²) in [4.78, 5) is 11.3. The molecule has 0 radical (unpaired) electrons. The highest BCUT2D eigenvalue weighted by molar-refractivity contribution is 7.08. The van der Waals surface area contributed by atoms with Crippen LogP contribution in [0.25, 0.3) is 0 Å². The molecule has 14 heavy (non-hydrogen) atoms. The molecule has 1 rings (SSSR count). The highest BCUT2D eigenvalue weighted by atomic mass is 32.1. The van der Waals surface area contributed by atoms with Gasteiger partial charge in [0, 0.05) is 10.9 Å². The van der Waals surface area contributed by atoms with Gasteiger partial charge in [0.1, 0.15) is 0 Å².